The minimum absolute atomic E-state index is 0.137. The number of ether oxygens (including phenoxy) is 2. The predicted octanol–water partition coefficient (Wildman–Crippen LogP) is 3.27. The van der Waals surface area contributed by atoms with Gasteiger partial charge in [-0.1, -0.05) is 28.9 Å². The fourth-order valence-corrected chi connectivity index (χ4v) is 2.57. The minimum Gasteiger partial charge on any atom is -0.497 e. The lowest BCUT2D eigenvalue weighted by Gasteiger charge is -2.07. The van der Waals surface area contributed by atoms with Gasteiger partial charge in [-0.25, -0.2) is 0 Å². The summed E-state index contributed by atoms with van der Waals surface area (Å²) in [5, 5.41) is 7.33. The number of halogens is 1. The van der Waals surface area contributed by atoms with E-state index in [1.165, 1.54) is 0 Å². The number of nitrogens with one attached hydrogen (secondary N) is 1. The number of hydrogen-bond acceptors (Lipinski definition) is 6. The summed E-state index contributed by atoms with van der Waals surface area (Å²) in [7, 11) is 3.13. The van der Waals surface area contributed by atoms with Gasteiger partial charge < -0.3 is 19.3 Å². The number of methoxy groups -OCH3 is 2. The van der Waals surface area contributed by atoms with E-state index in [0.717, 1.165) is 5.56 Å². The number of carbonyl (C=O) groups is 1. The molecule has 8 heteroatoms. The average Bonchev–Trinajstić information content (AvgIpc) is 3.16. The van der Waals surface area contributed by atoms with E-state index in [9.17, 15) is 4.79 Å². The highest BCUT2D eigenvalue weighted by atomic mass is 35.5. The van der Waals surface area contributed by atoms with Crippen molar-refractivity contribution in [3.05, 3.63) is 58.9 Å². The predicted molar refractivity (Wildman–Crippen MR) is 99.8 cm³/mol. The van der Waals surface area contributed by atoms with Crippen LogP contribution in [0.4, 0.5) is 0 Å². The number of carbonyl (C=O) groups excluding carboxylic acids is 1. The van der Waals surface area contributed by atoms with E-state index < -0.39 is 0 Å². The van der Waals surface area contributed by atoms with Crippen LogP contribution in [0.25, 0.3) is 11.4 Å². The van der Waals surface area contributed by atoms with E-state index in [2.05, 4.69) is 15.5 Å². The summed E-state index contributed by atoms with van der Waals surface area (Å²) in [6.07, 6.45) is 0.241. The summed E-state index contributed by atoms with van der Waals surface area (Å²) in [6.45, 7) is 0.137. The van der Waals surface area contributed by atoms with Crippen LogP contribution >= 0.6 is 11.6 Å². The molecule has 0 radical (unpaired) electrons. The SMILES string of the molecule is COc1ccc(-c2noc(CNC(=O)Cc3ccc(Cl)cc3)n2)c(OC)c1. The molecule has 3 rings (SSSR count). The van der Waals surface area contributed by atoms with E-state index in [-0.39, 0.29) is 18.9 Å². The second-order valence-corrected chi connectivity index (χ2v) is 6.09. The van der Waals surface area contributed by atoms with Crippen molar-refractivity contribution in [2.45, 2.75) is 13.0 Å². The Labute approximate surface area is 161 Å². The second-order valence-electron chi connectivity index (χ2n) is 5.66. The Bertz CT molecular complexity index is 925. The highest BCUT2D eigenvalue weighted by Crippen LogP contribution is 2.31. The summed E-state index contributed by atoms with van der Waals surface area (Å²) >= 11 is 5.84. The molecule has 3 aromatic rings. The third-order valence-electron chi connectivity index (χ3n) is 3.83. The number of rotatable bonds is 7. The van der Waals surface area contributed by atoms with Gasteiger partial charge in [-0.15, -0.1) is 0 Å². The van der Waals surface area contributed by atoms with Crippen LogP contribution in [0.2, 0.25) is 5.02 Å². The van der Waals surface area contributed by atoms with E-state index in [1.807, 2.05) is 12.1 Å². The number of aromatic nitrogens is 2. The Balaban J connectivity index is 1.62. The zero-order chi connectivity index (χ0) is 19.2. The monoisotopic (exact) mass is 387 g/mol. The number of benzene rings is 2. The minimum atomic E-state index is -0.154. The zero-order valence-corrected chi connectivity index (χ0v) is 15.6. The maximum atomic E-state index is 12.1. The van der Waals surface area contributed by atoms with Crippen LogP contribution in [0.1, 0.15) is 11.5 Å². The van der Waals surface area contributed by atoms with Gasteiger partial charge in [0, 0.05) is 11.1 Å². The molecule has 0 saturated carbocycles. The molecule has 0 saturated heterocycles. The third kappa shape index (κ3) is 4.77. The van der Waals surface area contributed by atoms with Crippen LogP contribution in [0, 0.1) is 0 Å². The lowest BCUT2D eigenvalue weighted by molar-refractivity contribution is -0.120. The first-order valence-electron chi connectivity index (χ1n) is 8.15. The largest absolute Gasteiger partial charge is 0.497 e. The van der Waals surface area contributed by atoms with Crippen LogP contribution in [0.3, 0.4) is 0 Å². The fraction of sp³-hybridized carbons (Fsp3) is 0.211. The van der Waals surface area contributed by atoms with Gasteiger partial charge in [0.15, 0.2) is 0 Å². The quantitative estimate of drug-likeness (QED) is 0.669. The molecule has 1 heterocycles. The van der Waals surface area contributed by atoms with Crippen molar-refractivity contribution in [2.24, 2.45) is 0 Å². The van der Waals surface area contributed by atoms with Crippen molar-refractivity contribution in [1.82, 2.24) is 15.5 Å². The molecule has 7 nitrogen and oxygen atoms in total. The molecule has 1 N–H and O–H groups in total. The van der Waals surface area contributed by atoms with Crippen molar-refractivity contribution >= 4 is 17.5 Å². The average molecular weight is 388 g/mol. The summed E-state index contributed by atoms with van der Waals surface area (Å²) in [6, 6.07) is 12.4. The molecular weight excluding hydrogens is 370 g/mol. The molecule has 1 amide bonds. The highest BCUT2D eigenvalue weighted by molar-refractivity contribution is 6.30. The van der Waals surface area contributed by atoms with Gasteiger partial charge in [0.25, 0.3) is 0 Å². The van der Waals surface area contributed by atoms with Crippen molar-refractivity contribution < 1.29 is 18.8 Å². The Morgan fingerprint density at radius 3 is 2.63 bits per heavy atom. The molecule has 27 heavy (non-hydrogen) atoms. The molecule has 0 fully saturated rings. The summed E-state index contributed by atoms with van der Waals surface area (Å²) in [5.41, 5.74) is 1.53. The molecule has 1 aromatic heterocycles. The van der Waals surface area contributed by atoms with E-state index in [0.29, 0.717) is 33.8 Å². The first-order chi connectivity index (χ1) is 13.1. The smallest absolute Gasteiger partial charge is 0.246 e. The van der Waals surface area contributed by atoms with Crippen LogP contribution in [0.15, 0.2) is 47.0 Å². The molecule has 0 aliphatic carbocycles. The molecule has 0 spiro atoms. The van der Waals surface area contributed by atoms with Crippen LogP contribution in [-0.2, 0) is 17.8 Å². The zero-order valence-electron chi connectivity index (χ0n) is 14.9. The molecule has 0 atom stereocenters. The Morgan fingerprint density at radius 2 is 1.93 bits per heavy atom. The Morgan fingerprint density at radius 1 is 1.15 bits per heavy atom. The number of nitrogens with zero attached hydrogens (tertiary/aromatic N) is 2. The van der Waals surface area contributed by atoms with Crippen molar-refractivity contribution in [3.8, 4) is 22.9 Å². The van der Waals surface area contributed by atoms with Crippen molar-refractivity contribution in [1.29, 1.82) is 0 Å². The molecule has 0 unspecified atom stereocenters. The molecule has 140 valence electrons. The van der Waals surface area contributed by atoms with Gasteiger partial charge in [0.1, 0.15) is 11.5 Å². The topological polar surface area (TPSA) is 86.5 Å². The molecular formula is C19H18ClN3O4. The molecule has 0 aliphatic rings. The second kappa shape index (κ2) is 8.55. The Hall–Kier alpha value is -3.06. The molecule has 2 aromatic carbocycles. The van der Waals surface area contributed by atoms with Gasteiger partial charge in [-0.05, 0) is 29.8 Å². The summed E-state index contributed by atoms with van der Waals surface area (Å²) < 4.78 is 15.7. The first-order valence-corrected chi connectivity index (χ1v) is 8.53. The third-order valence-corrected chi connectivity index (χ3v) is 4.08. The van der Waals surface area contributed by atoms with Crippen LogP contribution in [-0.4, -0.2) is 30.3 Å². The Kier molecular flexibility index (Phi) is 5.93. The number of amides is 1. The lowest BCUT2D eigenvalue weighted by atomic mass is 10.1. The van der Waals surface area contributed by atoms with E-state index >= 15 is 0 Å². The van der Waals surface area contributed by atoms with Gasteiger partial charge in [0.05, 0.1) is 32.7 Å². The van der Waals surface area contributed by atoms with Crippen LogP contribution in [0.5, 0.6) is 11.5 Å². The van der Waals surface area contributed by atoms with E-state index in [1.54, 1.807) is 44.6 Å². The van der Waals surface area contributed by atoms with Gasteiger partial charge >= 0.3 is 0 Å². The normalized spacial score (nSPS) is 10.5. The standard InChI is InChI=1S/C19H18ClN3O4/c1-25-14-7-8-15(16(10-14)26-2)19-22-18(27-23-19)11-21-17(24)9-12-3-5-13(20)6-4-12/h3-8,10H,9,11H2,1-2H3,(H,21,24). The highest BCUT2D eigenvalue weighted by Gasteiger charge is 2.15. The molecule has 0 aliphatic heterocycles. The maximum Gasteiger partial charge on any atom is 0.246 e. The van der Waals surface area contributed by atoms with E-state index in [4.69, 9.17) is 25.6 Å². The fourth-order valence-electron chi connectivity index (χ4n) is 2.44. The lowest BCUT2D eigenvalue weighted by Crippen LogP contribution is -2.24. The summed E-state index contributed by atoms with van der Waals surface area (Å²) in [5.74, 6) is 1.74. The van der Waals surface area contributed by atoms with Gasteiger partial charge in [-0.3, -0.25) is 4.79 Å². The first kappa shape index (κ1) is 18.7. The van der Waals surface area contributed by atoms with Gasteiger partial charge in [-0.2, -0.15) is 4.98 Å². The number of hydrogen-bond donors (Lipinski definition) is 1. The van der Waals surface area contributed by atoms with Crippen molar-refractivity contribution in [3.63, 3.8) is 0 Å². The summed E-state index contributed by atoms with van der Waals surface area (Å²) in [4.78, 5) is 16.4. The maximum absolute atomic E-state index is 12.1. The van der Waals surface area contributed by atoms with Gasteiger partial charge in [0.2, 0.25) is 17.6 Å². The molecule has 0 bridgehead atoms. The van der Waals surface area contributed by atoms with Crippen LogP contribution < -0.4 is 14.8 Å². The van der Waals surface area contributed by atoms with Crippen molar-refractivity contribution in [2.75, 3.05) is 14.2 Å².